The summed E-state index contributed by atoms with van der Waals surface area (Å²) >= 11 is 12.7. The van der Waals surface area contributed by atoms with E-state index in [0.717, 1.165) is 40.1 Å². The summed E-state index contributed by atoms with van der Waals surface area (Å²) in [7, 11) is 0. The third-order valence-electron chi connectivity index (χ3n) is 6.27. The molecule has 0 spiro atoms. The van der Waals surface area contributed by atoms with Gasteiger partial charge >= 0.3 is 0 Å². The van der Waals surface area contributed by atoms with Gasteiger partial charge in [-0.05, 0) is 43.3 Å². The van der Waals surface area contributed by atoms with Gasteiger partial charge in [0, 0.05) is 41.3 Å². The van der Waals surface area contributed by atoms with Crippen LogP contribution in [-0.2, 0) is 6.54 Å². The maximum absolute atomic E-state index is 6.33. The van der Waals surface area contributed by atoms with Crippen molar-refractivity contribution in [2.45, 2.75) is 19.6 Å². The first-order valence-electron chi connectivity index (χ1n) is 11.8. The largest absolute Gasteiger partial charge is 0.486 e. The Labute approximate surface area is 223 Å². The molecule has 1 N–H and O–H groups in total. The highest BCUT2D eigenvalue weighted by Crippen LogP contribution is 2.38. The summed E-state index contributed by atoms with van der Waals surface area (Å²) < 4.78 is 12.0. The summed E-state index contributed by atoms with van der Waals surface area (Å²) in [5.41, 5.74) is 5.11. The van der Waals surface area contributed by atoms with Crippen LogP contribution in [0.15, 0.2) is 67.3 Å². The number of rotatable bonds is 6. The predicted molar refractivity (Wildman–Crippen MR) is 143 cm³/mol. The zero-order valence-corrected chi connectivity index (χ0v) is 21.4. The van der Waals surface area contributed by atoms with Gasteiger partial charge in [0.2, 0.25) is 5.88 Å². The van der Waals surface area contributed by atoms with E-state index in [-0.39, 0.29) is 6.10 Å². The van der Waals surface area contributed by atoms with Crippen molar-refractivity contribution in [1.82, 2.24) is 25.1 Å². The molecule has 37 heavy (non-hydrogen) atoms. The molecule has 1 aliphatic rings. The van der Waals surface area contributed by atoms with E-state index in [1.807, 2.05) is 43.3 Å². The van der Waals surface area contributed by atoms with E-state index < -0.39 is 0 Å². The molecule has 6 rings (SSSR count). The molecule has 1 aliphatic heterocycles. The van der Waals surface area contributed by atoms with Crippen molar-refractivity contribution in [2.24, 2.45) is 0 Å². The molecule has 0 amide bonds. The summed E-state index contributed by atoms with van der Waals surface area (Å²) in [5.74, 6) is 1.27. The molecular weight excluding hydrogens is 511 g/mol. The maximum Gasteiger partial charge on any atom is 0.237 e. The van der Waals surface area contributed by atoms with Crippen LogP contribution < -0.4 is 14.4 Å². The summed E-state index contributed by atoms with van der Waals surface area (Å²) in [4.78, 5) is 15.3. The summed E-state index contributed by atoms with van der Waals surface area (Å²) in [6.45, 7) is 3.88. The van der Waals surface area contributed by atoms with Crippen LogP contribution in [0.3, 0.4) is 0 Å². The number of hydrogen-bond acceptors (Lipinski definition) is 7. The molecule has 1 atom stereocenters. The van der Waals surface area contributed by atoms with E-state index in [1.165, 1.54) is 0 Å². The molecule has 0 saturated carbocycles. The summed E-state index contributed by atoms with van der Waals surface area (Å²) in [6, 6.07) is 13.8. The second-order valence-corrected chi connectivity index (χ2v) is 9.51. The van der Waals surface area contributed by atoms with Crippen LogP contribution in [-0.4, -0.2) is 38.3 Å². The summed E-state index contributed by atoms with van der Waals surface area (Å²) in [5, 5.41) is 9.53. The molecule has 10 heteroatoms. The second-order valence-electron chi connectivity index (χ2n) is 8.70. The maximum atomic E-state index is 6.33. The van der Waals surface area contributed by atoms with Gasteiger partial charge in [0.15, 0.2) is 0 Å². The van der Waals surface area contributed by atoms with Crippen LogP contribution in [0.1, 0.15) is 24.3 Å². The van der Waals surface area contributed by atoms with Crippen LogP contribution in [0.2, 0.25) is 10.0 Å². The van der Waals surface area contributed by atoms with Gasteiger partial charge in [0.25, 0.3) is 0 Å². The molecule has 1 aromatic carbocycles. The van der Waals surface area contributed by atoms with Gasteiger partial charge < -0.3 is 14.4 Å². The predicted octanol–water partition coefficient (Wildman–Crippen LogP) is 6.26. The van der Waals surface area contributed by atoms with E-state index in [1.54, 1.807) is 24.8 Å². The van der Waals surface area contributed by atoms with Gasteiger partial charge in [-0.15, -0.1) is 0 Å². The number of hydrogen-bond donors (Lipinski definition) is 1. The second kappa shape index (κ2) is 9.88. The van der Waals surface area contributed by atoms with E-state index >= 15 is 0 Å². The molecule has 5 heterocycles. The van der Waals surface area contributed by atoms with Gasteiger partial charge in [-0.25, -0.2) is 4.98 Å². The lowest BCUT2D eigenvalue weighted by molar-refractivity contribution is 0.227. The van der Waals surface area contributed by atoms with Crippen LogP contribution in [0.25, 0.3) is 22.2 Å². The van der Waals surface area contributed by atoms with Gasteiger partial charge in [-0.2, -0.15) is 5.10 Å². The van der Waals surface area contributed by atoms with E-state index in [0.29, 0.717) is 40.4 Å². The third kappa shape index (κ3) is 4.65. The molecule has 0 radical (unpaired) electrons. The number of nitrogens with one attached hydrogen (secondary N) is 1. The Balaban J connectivity index is 1.32. The quantitative estimate of drug-likeness (QED) is 0.276. The first kappa shape index (κ1) is 23.5. The number of benzene rings is 1. The molecule has 186 valence electrons. The van der Waals surface area contributed by atoms with Gasteiger partial charge in [-0.1, -0.05) is 29.3 Å². The average Bonchev–Trinajstić information content (AvgIpc) is 3.32. The number of anilines is 1. The average molecular weight is 533 g/mol. The highest BCUT2D eigenvalue weighted by Gasteiger charge is 2.22. The van der Waals surface area contributed by atoms with Crippen LogP contribution in [0, 0.1) is 0 Å². The van der Waals surface area contributed by atoms with Gasteiger partial charge in [0.1, 0.15) is 29.8 Å². The standard InChI is InChI=1S/C27H22Cl2N6O2/c1-16(25-21(28)13-30-14-22(25)29)37-19-5-6-23-20(11-19)26(34-33-23)17-10-24-27(32-12-17)36-9-8-35(24)15-18-4-2-3-7-31-18/h2-7,10-14,16H,8-9,15H2,1H3,(H,33,34)/t16-/m1/s1. The lowest BCUT2D eigenvalue weighted by Gasteiger charge is -2.30. The normalized spacial score (nSPS) is 13.8. The van der Waals surface area contributed by atoms with Crippen molar-refractivity contribution in [2.75, 3.05) is 18.1 Å². The van der Waals surface area contributed by atoms with E-state index in [4.69, 9.17) is 32.7 Å². The molecule has 4 aromatic heterocycles. The lowest BCUT2D eigenvalue weighted by Crippen LogP contribution is -2.32. The minimum atomic E-state index is -0.376. The number of aromatic nitrogens is 5. The van der Waals surface area contributed by atoms with Crippen molar-refractivity contribution >= 4 is 39.8 Å². The zero-order valence-electron chi connectivity index (χ0n) is 19.9. The Morgan fingerprint density at radius 2 is 1.95 bits per heavy atom. The molecular formula is C27H22Cl2N6O2. The molecule has 5 aromatic rings. The highest BCUT2D eigenvalue weighted by molar-refractivity contribution is 6.35. The minimum Gasteiger partial charge on any atom is -0.486 e. The number of nitrogens with zero attached hydrogens (tertiary/aromatic N) is 5. The molecule has 0 fully saturated rings. The smallest absolute Gasteiger partial charge is 0.237 e. The van der Waals surface area contributed by atoms with Crippen molar-refractivity contribution in [3.8, 4) is 22.9 Å². The van der Waals surface area contributed by atoms with Crippen molar-refractivity contribution < 1.29 is 9.47 Å². The van der Waals surface area contributed by atoms with Crippen LogP contribution in [0.4, 0.5) is 5.69 Å². The Hall–Kier alpha value is -3.88. The Morgan fingerprint density at radius 3 is 2.76 bits per heavy atom. The summed E-state index contributed by atoms with van der Waals surface area (Å²) in [6.07, 6.45) is 6.33. The fourth-order valence-corrected chi connectivity index (χ4v) is 5.16. The van der Waals surface area contributed by atoms with E-state index in [2.05, 4.69) is 36.1 Å². The number of H-pyrrole nitrogens is 1. The van der Waals surface area contributed by atoms with Crippen molar-refractivity contribution in [3.05, 3.63) is 88.6 Å². The zero-order chi connectivity index (χ0) is 25.4. The Kier molecular flexibility index (Phi) is 6.28. The first-order valence-corrected chi connectivity index (χ1v) is 12.5. The van der Waals surface area contributed by atoms with E-state index in [9.17, 15) is 0 Å². The Bertz CT molecular complexity index is 1560. The third-order valence-corrected chi connectivity index (χ3v) is 6.87. The Morgan fingerprint density at radius 1 is 1.08 bits per heavy atom. The number of halogens is 2. The van der Waals surface area contributed by atoms with Gasteiger partial charge in [-0.3, -0.25) is 15.1 Å². The number of aromatic amines is 1. The molecule has 0 unspecified atom stereocenters. The number of fused-ring (bicyclic) bond motifs is 2. The van der Waals surface area contributed by atoms with Crippen LogP contribution >= 0.6 is 23.2 Å². The first-order chi connectivity index (χ1) is 18.1. The van der Waals surface area contributed by atoms with Crippen molar-refractivity contribution in [3.63, 3.8) is 0 Å². The number of pyridine rings is 3. The fraction of sp³-hybridized carbons (Fsp3) is 0.185. The minimum absolute atomic E-state index is 0.376. The lowest BCUT2D eigenvalue weighted by atomic mass is 10.1. The van der Waals surface area contributed by atoms with Crippen molar-refractivity contribution in [1.29, 1.82) is 0 Å². The topological polar surface area (TPSA) is 89.1 Å². The fourth-order valence-electron chi connectivity index (χ4n) is 4.49. The number of ether oxygens (including phenoxy) is 2. The van der Waals surface area contributed by atoms with Gasteiger partial charge in [0.05, 0.1) is 34.3 Å². The van der Waals surface area contributed by atoms with Crippen LogP contribution in [0.5, 0.6) is 11.6 Å². The highest BCUT2D eigenvalue weighted by atomic mass is 35.5. The molecule has 0 saturated heterocycles. The molecule has 0 bridgehead atoms. The monoisotopic (exact) mass is 532 g/mol. The molecule has 0 aliphatic carbocycles. The molecule has 8 nitrogen and oxygen atoms in total. The SMILES string of the molecule is C[C@@H](Oc1ccc2[nH]nc(-c3cnc4c(c3)N(Cc3ccccn3)CCO4)c2c1)c1c(Cl)cncc1Cl.